The van der Waals surface area contributed by atoms with Gasteiger partial charge in [-0.1, -0.05) is 31.9 Å². The molecule has 2 N–H and O–H groups in total. The van der Waals surface area contributed by atoms with Crippen LogP contribution in [0, 0.1) is 0 Å². The fourth-order valence-corrected chi connectivity index (χ4v) is 4.88. The minimum Gasteiger partial charge on any atom is -0.495 e. The van der Waals surface area contributed by atoms with Crippen LogP contribution in [0.2, 0.25) is 0 Å². The van der Waals surface area contributed by atoms with Crippen molar-refractivity contribution in [3.8, 4) is 5.75 Å². The highest BCUT2D eigenvalue weighted by Crippen LogP contribution is 2.27. The molecular weight excluding hydrogens is 376 g/mol. The first-order valence-corrected chi connectivity index (χ1v) is 11.0. The van der Waals surface area contributed by atoms with Crippen LogP contribution in [0.4, 0.5) is 5.69 Å². The highest BCUT2D eigenvalue weighted by Gasteiger charge is 2.26. The number of hydrogen-bond acceptors (Lipinski definition) is 4. The van der Waals surface area contributed by atoms with Gasteiger partial charge in [-0.2, -0.15) is 0 Å². The van der Waals surface area contributed by atoms with Gasteiger partial charge in [0.05, 0.1) is 7.11 Å². The lowest BCUT2D eigenvalue weighted by Gasteiger charge is -2.16. The zero-order chi connectivity index (χ0) is 20.1. The quantitative estimate of drug-likeness (QED) is 0.739. The van der Waals surface area contributed by atoms with Crippen LogP contribution in [0.25, 0.3) is 0 Å². The van der Waals surface area contributed by atoms with Crippen molar-refractivity contribution >= 4 is 21.6 Å². The van der Waals surface area contributed by atoms with Gasteiger partial charge in [0.25, 0.3) is 5.91 Å². The van der Waals surface area contributed by atoms with Gasteiger partial charge in [-0.05, 0) is 55.2 Å². The number of amides is 1. The van der Waals surface area contributed by atoms with Crippen molar-refractivity contribution in [3.63, 3.8) is 0 Å². The molecule has 0 spiro atoms. The molecule has 3 rings (SSSR count). The van der Waals surface area contributed by atoms with Gasteiger partial charge in [0.1, 0.15) is 10.6 Å². The Morgan fingerprint density at radius 3 is 2.39 bits per heavy atom. The van der Waals surface area contributed by atoms with E-state index in [0.717, 1.165) is 32.1 Å². The largest absolute Gasteiger partial charge is 0.495 e. The van der Waals surface area contributed by atoms with E-state index in [9.17, 15) is 13.2 Å². The lowest BCUT2D eigenvalue weighted by Crippen LogP contribution is -2.33. The zero-order valence-electron chi connectivity index (χ0n) is 16.2. The molecule has 1 aliphatic carbocycles. The van der Waals surface area contributed by atoms with Crippen LogP contribution >= 0.6 is 0 Å². The second kappa shape index (κ2) is 8.75. The third-order valence-electron chi connectivity index (χ3n) is 5.01. The molecular formula is C21H26N2O4S. The zero-order valence-corrected chi connectivity index (χ0v) is 17.0. The molecule has 1 fully saturated rings. The van der Waals surface area contributed by atoms with E-state index in [1.165, 1.54) is 24.8 Å². The fourth-order valence-electron chi connectivity index (χ4n) is 3.38. The summed E-state index contributed by atoms with van der Waals surface area (Å²) in [4.78, 5) is 12.6. The van der Waals surface area contributed by atoms with Gasteiger partial charge in [0.15, 0.2) is 0 Å². The number of benzene rings is 2. The summed E-state index contributed by atoms with van der Waals surface area (Å²) in [5.41, 5.74) is 2.09. The minimum absolute atomic E-state index is 0.0177. The monoisotopic (exact) mass is 402 g/mol. The van der Waals surface area contributed by atoms with E-state index < -0.39 is 10.0 Å². The molecule has 150 valence electrons. The topological polar surface area (TPSA) is 84.5 Å². The molecule has 0 aliphatic heterocycles. The third-order valence-corrected chi connectivity index (χ3v) is 6.55. The molecule has 7 heteroatoms. The highest BCUT2D eigenvalue weighted by atomic mass is 32.2. The predicted octanol–water partition coefficient (Wildman–Crippen LogP) is 3.73. The number of sulfonamides is 1. The number of methoxy groups -OCH3 is 1. The smallest absolute Gasteiger partial charge is 0.255 e. The van der Waals surface area contributed by atoms with Gasteiger partial charge in [-0.3, -0.25) is 4.79 Å². The Hall–Kier alpha value is -2.38. The van der Waals surface area contributed by atoms with E-state index in [1.54, 1.807) is 6.07 Å². The lowest BCUT2D eigenvalue weighted by molar-refractivity contribution is 0.102. The SMILES string of the molecule is CCc1ccc(NC(=O)c2ccc(OC)c(S(=O)(=O)NC3CCCC3)c2)cc1. The molecule has 1 saturated carbocycles. The Morgan fingerprint density at radius 2 is 1.79 bits per heavy atom. The van der Waals surface area contributed by atoms with E-state index in [2.05, 4.69) is 17.0 Å². The van der Waals surface area contributed by atoms with E-state index in [1.807, 2.05) is 24.3 Å². The predicted molar refractivity (Wildman–Crippen MR) is 109 cm³/mol. The Labute approximate surface area is 166 Å². The first kappa shape index (κ1) is 20.4. The van der Waals surface area contributed by atoms with Gasteiger partial charge in [0.2, 0.25) is 10.0 Å². The van der Waals surface area contributed by atoms with Gasteiger partial charge >= 0.3 is 0 Å². The molecule has 2 aromatic carbocycles. The molecule has 6 nitrogen and oxygen atoms in total. The molecule has 0 aromatic heterocycles. The summed E-state index contributed by atoms with van der Waals surface area (Å²) < 4.78 is 33.7. The van der Waals surface area contributed by atoms with Gasteiger partial charge < -0.3 is 10.1 Å². The van der Waals surface area contributed by atoms with Gasteiger partial charge in [-0.15, -0.1) is 0 Å². The normalized spacial score (nSPS) is 14.8. The second-order valence-corrected chi connectivity index (χ2v) is 8.66. The molecule has 0 heterocycles. The first-order valence-electron chi connectivity index (χ1n) is 9.53. The second-order valence-electron chi connectivity index (χ2n) is 6.97. The summed E-state index contributed by atoms with van der Waals surface area (Å²) in [5, 5.41) is 2.80. The Kier molecular flexibility index (Phi) is 6.36. The Bertz CT molecular complexity index is 933. The number of hydrogen-bond donors (Lipinski definition) is 2. The number of ether oxygens (including phenoxy) is 1. The number of nitrogens with one attached hydrogen (secondary N) is 2. The molecule has 0 unspecified atom stereocenters. The number of aryl methyl sites for hydroxylation is 1. The summed E-state index contributed by atoms with van der Waals surface area (Å²) in [7, 11) is -2.36. The standard InChI is InChI=1S/C21H26N2O4S/c1-3-15-8-11-17(12-9-15)22-21(24)16-10-13-19(27-2)20(14-16)28(25,26)23-18-6-4-5-7-18/h8-14,18,23H,3-7H2,1-2H3,(H,22,24). The van der Waals surface area contributed by atoms with Crippen LogP contribution in [0.1, 0.15) is 48.5 Å². The van der Waals surface area contributed by atoms with E-state index in [0.29, 0.717) is 5.69 Å². The Balaban J connectivity index is 1.83. The number of anilines is 1. The minimum atomic E-state index is -3.78. The van der Waals surface area contributed by atoms with Crippen LogP contribution < -0.4 is 14.8 Å². The van der Waals surface area contributed by atoms with Gasteiger partial charge in [0, 0.05) is 17.3 Å². The van der Waals surface area contributed by atoms with Crippen LogP contribution in [-0.2, 0) is 16.4 Å². The maximum atomic E-state index is 12.8. The van der Waals surface area contributed by atoms with E-state index in [4.69, 9.17) is 4.74 Å². The van der Waals surface area contributed by atoms with E-state index >= 15 is 0 Å². The maximum absolute atomic E-state index is 12.8. The summed E-state index contributed by atoms with van der Waals surface area (Å²) in [6.45, 7) is 2.06. The summed E-state index contributed by atoms with van der Waals surface area (Å²) in [6.07, 6.45) is 4.61. The van der Waals surface area contributed by atoms with Crippen molar-refractivity contribution < 1.29 is 17.9 Å². The number of carbonyl (C=O) groups is 1. The third kappa shape index (κ3) is 4.72. The summed E-state index contributed by atoms with van der Waals surface area (Å²) >= 11 is 0. The number of carbonyl (C=O) groups excluding carboxylic acids is 1. The van der Waals surface area contributed by atoms with Crippen molar-refractivity contribution in [1.29, 1.82) is 0 Å². The highest BCUT2D eigenvalue weighted by molar-refractivity contribution is 7.89. The maximum Gasteiger partial charge on any atom is 0.255 e. The van der Waals surface area contributed by atoms with Crippen LogP contribution in [0.3, 0.4) is 0 Å². The molecule has 0 atom stereocenters. The van der Waals surface area contributed by atoms with E-state index in [-0.39, 0.29) is 28.2 Å². The average Bonchev–Trinajstić information content (AvgIpc) is 3.20. The molecule has 0 saturated heterocycles. The van der Waals surface area contributed by atoms with Crippen molar-refractivity contribution in [2.75, 3.05) is 12.4 Å². The van der Waals surface area contributed by atoms with Crippen molar-refractivity contribution in [2.45, 2.75) is 50.0 Å². The van der Waals surface area contributed by atoms with Crippen LogP contribution in [0.5, 0.6) is 5.75 Å². The molecule has 1 amide bonds. The van der Waals surface area contributed by atoms with Gasteiger partial charge in [-0.25, -0.2) is 13.1 Å². The van der Waals surface area contributed by atoms with Crippen LogP contribution in [-0.4, -0.2) is 27.5 Å². The van der Waals surface area contributed by atoms with Crippen molar-refractivity contribution in [3.05, 3.63) is 53.6 Å². The lowest BCUT2D eigenvalue weighted by atomic mass is 10.1. The Morgan fingerprint density at radius 1 is 1.11 bits per heavy atom. The molecule has 1 aliphatic rings. The molecule has 0 radical (unpaired) electrons. The average molecular weight is 403 g/mol. The fraction of sp³-hybridized carbons (Fsp3) is 0.381. The number of rotatable bonds is 7. The van der Waals surface area contributed by atoms with Crippen molar-refractivity contribution in [1.82, 2.24) is 4.72 Å². The summed E-state index contributed by atoms with van der Waals surface area (Å²) in [5.74, 6) is -0.154. The summed E-state index contributed by atoms with van der Waals surface area (Å²) in [6, 6.07) is 11.9. The first-order chi connectivity index (χ1) is 13.4. The van der Waals surface area contributed by atoms with Crippen molar-refractivity contribution in [2.24, 2.45) is 0 Å². The molecule has 28 heavy (non-hydrogen) atoms. The molecule has 2 aromatic rings. The molecule has 0 bridgehead atoms. The van der Waals surface area contributed by atoms with Crippen LogP contribution in [0.15, 0.2) is 47.4 Å².